The average molecular weight is 248 g/mol. The van der Waals surface area contributed by atoms with Crippen molar-refractivity contribution in [2.24, 2.45) is 0 Å². The molecule has 17 heavy (non-hydrogen) atoms. The number of alkyl halides is 2. The Labute approximate surface area is 95.2 Å². The van der Waals surface area contributed by atoms with Crippen molar-refractivity contribution in [1.82, 2.24) is 0 Å². The standard InChI is InChI=1S/C10H10F2O5/c1-16-6-3-5(10(11,12)9(14)15)4-7(17-2)8(6)13/h3-4,13H,1-2H3,(H,14,15). The van der Waals surface area contributed by atoms with E-state index in [1.807, 2.05) is 0 Å². The van der Waals surface area contributed by atoms with E-state index in [0.717, 1.165) is 26.4 Å². The number of rotatable bonds is 4. The zero-order valence-electron chi connectivity index (χ0n) is 9.03. The fourth-order valence-electron chi connectivity index (χ4n) is 1.20. The Morgan fingerprint density at radius 1 is 1.24 bits per heavy atom. The van der Waals surface area contributed by atoms with Gasteiger partial charge in [0.05, 0.1) is 14.2 Å². The van der Waals surface area contributed by atoms with Crippen molar-refractivity contribution in [3.05, 3.63) is 17.7 Å². The minimum atomic E-state index is -4.09. The third kappa shape index (κ3) is 2.22. The van der Waals surface area contributed by atoms with Crippen LogP contribution in [0.2, 0.25) is 0 Å². The van der Waals surface area contributed by atoms with Gasteiger partial charge in [0.1, 0.15) is 0 Å². The van der Waals surface area contributed by atoms with Crippen LogP contribution >= 0.6 is 0 Å². The molecule has 0 bridgehead atoms. The van der Waals surface area contributed by atoms with Crippen molar-refractivity contribution in [1.29, 1.82) is 0 Å². The van der Waals surface area contributed by atoms with E-state index < -0.39 is 23.2 Å². The molecular formula is C10H10F2O5. The van der Waals surface area contributed by atoms with Crippen LogP contribution in [-0.2, 0) is 10.7 Å². The van der Waals surface area contributed by atoms with Crippen molar-refractivity contribution in [3.63, 3.8) is 0 Å². The minimum absolute atomic E-state index is 0.291. The number of carboxylic acids is 1. The largest absolute Gasteiger partial charge is 0.502 e. The molecule has 0 radical (unpaired) electrons. The quantitative estimate of drug-likeness (QED) is 0.846. The zero-order valence-corrected chi connectivity index (χ0v) is 9.03. The summed E-state index contributed by atoms with van der Waals surface area (Å²) < 4.78 is 35.8. The number of aromatic hydroxyl groups is 1. The first-order chi connectivity index (χ1) is 7.84. The highest BCUT2D eigenvalue weighted by atomic mass is 19.3. The predicted octanol–water partition coefficient (Wildman–Crippen LogP) is 1.59. The monoisotopic (exact) mass is 248 g/mol. The summed E-state index contributed by atoms with van der Waals surface area (Å²) in [6, 6.07) is 1.48. The molecule has 0 aliphatic rings. The Kier molecular flexibility index (Phi) is 3.40. The topological polar surface area (TPSA) is 76.0 Å². The molecule has 0 spiro atoms. The Balaban J connectivity index is 3.41. The van der Waals surface area contributed by atoms with E-state index in [-0.39, 0.29) is 11.5 Å². The Morgan fingerprint density at radius 2 is 1.65 bits per heavy atom. The molecule has 2 N–H and O–H groups in total. The van der Waals surface area contributed by atoms with Gasteiger partial charge in [0.15, 0.2) is 11.5 Å². The van der Waals surface area contributed by atoms with Crippen LogP contribution in [0.3, 0.4) is 0 Å². The molecule has 94 valence electrons. The van der Waals surface area contributed by atoms with Gasteiger partial charge < -0.3 is 19.7 Å². The van der Waals surface area contributed by atoms with Crippen molar-refractivity contribution in [2.45, 2.75) is 5.92 Å². The summed E-state index contributed by atoms with van der Waals surface area (Å²) in [6.45, 7) is 0. The minimum Gasteiger partial charge on any atom is -0.502 e. The highest BCUT2D eigenvalue weighted by molar-refractivity contribution is 5.78. The maximum atomic E-state index is 13.3. The Morgan fingerprint density at radius 3 is 1.94 bits per heavy atom. The summed E-state index contributed by atoms with van der Waals surface area (Å²) in [5, 5.41) is 17.9. The van der Waals surface area contributed by atoms with Crippen molar-refractivity contribution in [2.75, 3.05) is 14.2 Å². The summed E-state index contributed by atoms with van der Waals surface area (Å²) in [7, 11) is 2.30. The number of hydrogen-bond acceptors (Lipinski definition) is 4. The average Bonchev–Trinajstić information content (AvgIpc) is 2.28. The second-order valence-corrected chi connectivity index (χ2v) is 3.11. The van der Waals surface area contributed by atoms with E-state index in [9.17, 15) is 18.7 Å². The molecule has 0 atom stereocenters. The van der Waals surface area contributed by atoms with Crippen molar-refractivity contribution in [3.8, 4) is 17.2 Å². The van der Waals surface area contributed by atoms with E-state index in [0.29, 0.717) is 0 Å². The predicted molar refractivity (Wildman–Crippen MR) is 52.7 cm³/mol. The molecular weight excluding hydrogens is 238 g/mol. The molecule has 0 amide bonds. The lowest BCUT2D eigenvalue weighted by atomic mass is 10.1. The van der Waals surface area contributed by atoms with Crippen LogP contribution < -0.4 is 9.47 Å². The van der Waals surface area contributed by atoms with E-state index in [4.69, 9.17) is 5.11 Å². The SMILES string of the molecule is COc1cc(C(F)(F)C(=O)O)cc(OC)c1O. The molecule has 1 rings (SSSR count). The molecule has 5 nitrogen and oxygen atoms in total. The van der Waals surface area contributed by atoms with Gasteiger partial charge in [-0.1, -0.05) is 0 Å². The molecule has 0 aliphatic heterocycles. The number of hydrogen-bond donors (Lipinski definition) is 2. The maximum Gasteiger partial charge on any atom is 0.379 e. The van der Waals surface area contributed by atoms with Gasteiger partial charge in [-0.25, -0.2) is 4.79 Å². The van der Waals surface area contributed by atoms with Gasteiger partial charge in [0.2, 0.25) is 5.75 Å². The molecule has 1 aromatic carbocycles. The van der Waals surface area contributed by atoms with Crippen molar-refractivity contribution < 1.29 is 33.3 Å². The lowest BCUT2D eigenvalue weighted by Crippen LogP contribution is -2.25. The fraction of sp³-hybridized carbons (Fsp3) is 0.300. The zero-order chi connectivity index (χ0) is 13.2. The normalized spacial score (nSPS) is 11.1. The first kappa shape index (κ1) is 13.0. The summed E-state index contributed by atoms with van der Waals surface area (Å²) in [6.07, 6.45) is 0. The molecule has 0 aromatic heterocycles. The second-order valence-electron chi connectivity index (χ2n) is 3.11. The highest BCUT2D eigenvalue weighted by Gasteiger charge is 2.42. The third-order valence-corrected chi connectivity index (χ3v) is 2.11. The van der Waals surface area contributed by atoms with E-state index in [1.165, 1.54) is 0 Å². The van der Waals surface area contributed by atoms with Gasteiger partial charge in [-0.15, -0.1) is 0 Å². The van der Waals surface area contributed by atoms with Gasteiger partial charge in [0, 0.05) is 5.56 Å². The number of carbonyl (C=O) groups is 1. The number of phenols is 1. The summed E-state index contributed by atoms with van der Waals surface area (Å²) in [5.74, 6) is -7.44. The van der Waals surface area contributed by atoms with Crippen LogP contribution in [0.25, 0.3) is 0 Å². The van der Waals surface area contributed by atoms with Crippen LogP contribution in [0, 0.1) is 0 Å². The smallest absolute Gasteiger partial charge is 0.379 e. The summed E-state index contributed by atoms with van der Waals surface area (Å²) in [4.78, 5) is 10.4. The number of halogens is 2. The highest BCUT2D eigenvalue weighted by Crippen LogP contribution is 2.41. The number of aliphatic carboxylic acids is 1. The van der Waals surface area contributed by atoms with E-state index in [2.05, 4.69) is 9.47 Å². The molecule has 0 aliphatic carbocycles. The van der Waals surface area contributed by atoms with Crippen LogP contribution in [0.4, 0.5) is 8.78 Å². The van der Waals surface area contributed by atoms with E-state index in [1.54, 1.807) is 0 Å². The number of carboxylic acid groups (broad SMARTS) is 1. The van der Waals surface area contributed by atoms with Crippen LogP contribution in [0.15, 0.2) is 12.1 Å². The van der Waals surface area contributed by atoms with Crippen LogP contribution in [-0.4, -0.2) is 30.4 Å². The first-order valence-electron chi connectivity index (χ1n) is 4.41. The summed E-state index contributed by atoms with van der Waals surface area (Å²) in [5.41, 5.74) is -0.837. The van der Waals surface area contributed by atoms with Gasteiger partial charge in [0.25, 0.3) is 0 Å². The van der Waals surface area contributed by atoms with Crippen molar-refractivity contribution >= 4 is 5.97 Å². The lowest BCUT2D eigenvalue weighted by Gasteiger charge is -2.15. The first-order valence-corrected chi connectivity index (χ1v) is 4.41. The Bertz CT molecular complexity index is 419. The van der Waals surface area contributed by atoms with Crippen LogP contribution in [0.1, 0.15) is 5.56 Å². The molecule has 0 heterocycles. The molecule has 1 aromatic rings. The third-order valence-electron chi connectivity index (χ3n) is 2.11. The molecule has 0 saturated heterocycles. The fourth-order valence-corrected chi connectivity index (χ4v) is 1.20. The number of methoxy groups -OCH3 is 2. The molecule has 0 saturated carbocycles. The molecule has 0 unspecified atom stereocenters. The second kappa shape index (κ2) is 4.44. The van der Waals surface area contributed by atoms with Gasteiger partial charge >= 0.3 is 11.9 Å². The van der Waals surface area contributed by atoms with Gasteiger partial charge in [-0.3, -0.25) is 0 Å². The lowest BCUT2D eigenvalue weighted by molar-refractivity contribution is -0.166. The van der Waals surface area contributed by atoms with Crippen LogP contribution in [0.5, 0.6) is 17.2 Å². The summed E-state index contributed by atoms with van der Waals surface area (Å²) >= 11 is 0. The maximum absolute atomic E-state index is 13.3. The number of benzene rings is 1. The molecule has 0 fully saturated rings. The van der Waals surface area contributed by atoms with Gasteiger partial charge in [-0.05, 0) is 12.1 Å². The number of ether oxygens (including phenoxy) is 2. The van der Waals surface area contributed by atoms with E-state index >= 15 is 0 Å². The Hall–Kier alpha value is -2.05. The molecule has 7 heteroatoms. The number of phenolic OH excluding ortho intramolecular Hbond substituents is 1. The van der Waals surface area contributed by atoms with Gasteiger partial charge in [-0.2, -0.15) is 8.78 Å².